The van der Waals surface area contributed by atoms with Crippen LogP contribution in [0.1, 0.15) is 37.3 Å². The lowest BCUT2D eigenvalue weighted by Gasteiger charge is -2.44. The van der Waals surface area contributed by atoms with Crippen molar-refractivity contribution >= 4 is 11.8 Å². The van der Waals surface area contributed by atoms with Crippen LogP contribution in [-0.4, -0.2) is 76.8 Å². The summed E-state index contributed by atoms with van der Waals surface area (Å²) in [5.74, 6) is -2.88. The van der Waals surface area contributed by atoms with Gasteiger partial charge >= 0.3 is 6.61 Å². The molecule has 8 nitrogen and oxygen atoms in total. The number of pyridine rings is 1. The van der Waals surface area contributed by atoms with E-state index in [1.807, 2.05) is 0 Å². The predicted octanol–water partition coefficient (Wildman–Crippen LogP) is 3.29. The normalized spacial score (nSPS) is 29.7. The lowest BCUT2D eigenvalue weighted by molar-refractivity contribution is -0.0494. The van der Waals surface area contributed by atoms with Crippen molar-refractivity contribution in [3.8, 4) is 17.0 Å². The van der Waals surface area contributed by atoms with Crippen LogP contribution in [0, 0.1) is 0 Å². The summed E-state index contributed by atoms with van der Waals surface area (Å²) in [6, 6.07) is 4.05. The van der Waals surface area contributed by atoms with Crippen molar-refractivity contribution in [2.75, 3.05) is 36.9 Å². The first-order valence-corrected chi connectivity index (χ1v) is 11.8. The Balaban J connectivity index is 1.29. The fourth-order valence-corrected chi connectivity index (χ4v) is 5.62. The number of aromatic nitrogens is 3. The molecule has 0 aromatic carbocycles. The summed E-state index contributed by atoms with van der Waals surface area (Å²) in [6.45, 7) is -1.64. The summed E-state index contributed by atoms with van der Waals surface area (Å²) in [4.78, 5) is 17.1. The van der Waals surface area contributed by atoms with Gasteiger partial charge in [0, 0.05) is 55.0 Å². The molecule has 2 bridgehead atoms. The average Bonchev–Trinajstić information content (AvgIpc) is 3.49. The van der Waals surface area contributed by atoms with E-state index in [9.17, 15) is 17.6 Å². The molecule has 12 heteroatoms. The fraction of sp³-hybridized carbons (Fsp3) is 0.609. The zero-order valence-corrected chi connectivity index (χ0v) is 18.9. The zero-order chi connectivity index (χ0) is 24.3. The minimum absolute atomic E-state index is 0.139. The van der Waals surface area contributed by atoms with Crippen molar-refractivity contribution in [3.05, 3.63) is 24.0 Å². The van der Waals surface area contributed by atoms with Crippen molar-refractivity contribution in [2.24, 2.45) is 0 Å². The van der Waals surface area contributed by atoms with Crippen molar-refractivity contribution in [2.45, 2.75) is 62.3 Å². The number of hydrogen-bond acceptors (Lipinski definition) is 8. The molecule has 3 aliphatic heterocycles. The van der Waals surface area contributed by atoms with Crippen molar-refractivity contribution in [1.29, 1.82) is 0 Å². The smallest absolute Gasteiger partial charge is 0.387 e. The molecule has 2 aromatic heterocycles. The second-order valence-electron chi connectivity index (χ2n) is 9.86. The molecule has 2 N–H and O–H groups in total. The van der Waals surface area contributed by atoms with E-state index in [0.717, 1.165) is 38.1 Å². The number of rotatable bonds is 6. The molecule has 4 fully saturated rings. The summed E-state index contributed by atoms with van der Waals surface area (Å²) in [6.07, 6.45) is 4.38. The summed E-state index contributed by atoms with van der Waals surface area (Å²) >= 11 is 0. The highest BCUT2D eigenvalue weighted by molar-refractivity contribution is 5.65. The Morgan fingerprint density at radius 3 is 2.63 bits per heavy atom. The van der Waals surface area contributed by atoms with Gasteiger partial charge in [-0.3, -0.25) is 4.90 Å². The number of likely N-dealkylation sites (tertiary alicyclic amines) is 1. The van der Waals surface area contributed by atoms with E-state index in [1.165, 1.54) is 17.2 Å². The molecule has 0 spiro atoms. The third-order valence-corrected chi connectivity index (χ3v) is 7.52. The Bertz CT molecular complexity index is 1120. The van der Waals surface area contributed by atoms with Gasteiger partial charge in [0.2, 0.25) is 5.95 Å². The first-order valence-electron chi connectivity index (χ1n) is 11.8. The maximum absolute atomic E-state index is 13.9. The Morgan fingerprint density at radius 1 is 1.14 bits per heavy atom. The number of hydrogen-bond donors (Lipinski definition) is 1. The molecule has 188 valence electrons. The van der Waals surface area contributed by atoms with Gasteiger partial charge in [-0.2, -0.15) is 8.78 Å². The van der Waals surface area contributed by atoms with Crippen LogP contribution in [0.5, 0.6) is 5.75 Å². The van der Waals surface area contributed by atoms with Gasteiger partial charge in [0.05, 0.1) is 24.9 Å². The van der Waals surface area contributed by atoms with E-state index in [4.69, 9.17) is 10.5 Å². The number of nitrogens with two attached hydrogens (primary N) is 1. The molecule has 0 amide bonds. The standard InChI is InChI=1S/C23H26F4N6O2/c24-21(25)35-19-5-13(8-29-20(19)28)18-7-17(30-22(31-18)32-2-1-23(26,27)11-32)12-3-14(4-12)33-9-16-6-15(33)10-34-16/h5,7-8,12,14-16,21H,1-4,6,9-11H2,(H2,28,29)/t12-,14-,15-,16-/m0/s1. The summed E-state index contributed by atoms with van der Waals surface area (Å²) in [5, 5.41) is 0. The Hall–Kier alpha value is -2.73. The van der Waals surface area contributed by atoms with Gasteiger partial charge < -0.3 is 20.1 Å². The van der Waals surface area contributed by atoms with Crippen LogP contribution in [0.2, 0.25) is 0 Å². The first-order chi connectivity index (χ1) is 16.7. The van der Waals surface area contributed by atoms with Gasteiger partial charge in [0.1, 0.15) is 0 Å². The molecule has 6 rings (SSSR count). The zero-order valence-electron chi connectivity index (χ0n) is 18.9. The van der Waals surface area contributed by atoms with Crippen LogP contribution in [0.15, 0.2) is 18.3 Å². The van der Waals surface area contributed by atoms with Crippen molar-refractivity contribution in [1.82, 2.24) is 19.9 Å². The third-order valence-electron chi connectivity index (χ3n) is 7.52. The number of halogens is 4. The highest BCUT2D eigenvalue weighted by Crippen LogP contribution is 2.44. The highest BCUT2D eigenvalue weighted by Gasteiger charge is 2.47. The Labute approximate surface area is 199 Å². The van der Waals surface area contributed by atoms with Crippen LogP contribution in [0.3, 0.4) is 0 Å². The first kappa shape index (κ1) is 22.7. The maximum atomic E-state index is 13.9. The Morgan fingerprint density at radius 2 is 1.97 bits per heavy atom. The molecule has 3 saturated heterocycles. The monoisotopic (exact) mass is 494 g/mol. The molecule has 0 radical (unpaired) electrons. The molecule has 0 unspecified atom stereocenters. The van der Waals surface area contributed by atoms with Crippen LogP contribution >= 0.6 is 0 Å². The minimum Gasteiger partial charge on any atom is -0.431 e. The predicted molar refractivity (Wildman–Crippen MR) is 119 cm³/mol. The van der Waals surface area contributed by atoms with Gasteiger partial charge in [0.25, 0.3) is 5.92 Å². The summed E-state index contributed by atoms with van der Waals surface area (Å²) in [5.41, 5.74) is 7.24. The molecule has 2 aromatic rings. The topological polar surface area (TPSA) is 89.6 Å². The maximum Gasteiger partial charge on any atom is 0.387 e. The summed E-state index contributed by atoms with van der Waals surface area (Å²) in [7, 11) is 0. The fourth-order valence-electron chi connectivity index (χ4n) is 5.62. The van der Waals surface area contributed by atoms with E-state index >= 15 is 0 Å². The second-order valence-corrected chi connectivity index (χ2v) is 9.86. The highest BCUT2D eigenvalue weighted by atomic mass is 19.3. The molecular formula is C23H26F4N6O2. The van der Waals surface area contributed by atoms with Crippen LogP contribution in [0.25, 0.3) is 11.3 Å². The van der Waals surface area contributed by atoms with Gasteiger partial charge in [-0.05, 0) is 31.4 Å². The lowest BCUT2D eigenvalue weighted by atomic mass is 9.76. The van der Waals surface area contributed by atoms with Gasteiger partial charge in [-0.25, -0.2) is 23.7 Å². The van der Waals surface area contributed by atoms with Crippen LogP contribution in [-0.2, 0) is 4.74 Å². The number of anilines is 2. The number of nitrogens with zero attached hydrogens (tertiary/aromatic N) is 5. The number of fused-ring (bicyclic) bond motifs is 2. The van der Waals surface area contributed by atoms with Gasteiger partial charge in [-0.15, -0.1) is 0 Å². The number of alkyl halides is 4. The number of ether oxygens (including phenoxy) is 2. The van der Waals surface area contributed by atoms with Crippen molar-refractivity contribution < 1.29 is 27.0 Å². The van der Waals surface area contributed by atoms with E-state index in [-0.39, 0.29) is 36.4 Å². The van der Waals surface area contributed by atoms with Crippen molar-refractivity contribution in [3.63, 3.8) is 0 Å². The average molecular weight is 494 g/mol. The summed E-state index contributed by atoms with van der Waals surface area (Å²) < 4.78 is 63.7. The molecule has 1 aliphatic carbocycles. The largest absolute Gasteiger partial charge is 0.431 e. The SMILES string of the molecule is Nc1ncc(-c2cc([C@H]3C[C@H](N4C[C@@H]5C[C@H]4CO5)C3)nc(N3CCC(F)(F)C3)n2)cc1OC(F)F. The van der Waals surface area contributed by atoms with Gasteiger partial charge in [0.15, 0.2) is 11.6 Å². The number of nitrogen functional groups attached to an aromatic ring is 1. The molecule has 35 heavy (non-hydrogen) atoms. The molecular weight excluding hydrogens is 468 g/mol. The molecule has 4 aliphatic rings. The second kappa shape index (κ2) is 8.44. The molecule has 5 heterocycles. The minimum atomic E-state index is -3.06. The molecule has 1 saturated carbocycles. The van der Waals surface area contributed by atoms with E-state index < -0.39 is 19.1 Å². The number of morpholine rings is 1. The van der Waals surface area contributed by atoms with Crippen LogP contribution in [0.4, 0.5) is 29.3 Å². The van der Waals surface area contributed by atoms with Crippen LogP contribution < -0.4 is 15.4 Å². The third kappa shape index (κ3) is 4.37. The van der Waals surface area contributed by atoms with Gasteiger partial charge in [-0.1, -0.05) is 0 Å². The Kier molecular flexibility index (Phi) is 5.48. The van der Waals surface area contributed by atoms with E-state index in [2.05, 4.69) is 24.6 Å². The quantitative estimate of drug-likeness (QED) is 0.612. The van der Waals surface area contributed by atoms with E-state index in [1.54, 1.807) is 6.07 Å². The lowest BCUT2D eigenvalue weighted by Crippen LogP contribution is -2.49. The van der Waals surface area contributed by atoms with E-state index in [0.29, 0.717) is 29.4 Å². The molecule has 2 atom stereocenters.